The number of piperazine rings is 1. The van der Waals surface area contributed by atoms with Crippen LogP contribution in [0.15, 0.2) is 60.2 Å². The number of fused-ring (bicyclic) bond motifs is 1. The first kappa shape index (κ1) is 23.8. The lowest BCUT2D eigenvalue weighted by atomic mass is 10.0. The summed E-state index contributed by atoms with van der Waals surface area (Å²) in [6.45, 7) is 12.6. The average Bonchev–Trinajstić information content (AvgIpc) is 2.86. The van der Waals surface area contributed by atoms with Crippen LogP contribution in [0.3, 0.4) is 0 Å². The molecule has 3 heterocycles. The van der Waals surface area contributed by atoms with E-state index in [9.17, 15) is 0 Å². The number of anilines is 1. The molecular weight excluding hydrogens is 432 g/mol. The minimum atomic E-state index is 0.522. The minimum Gasteiger partial charge on any atom is -0.492 e. The molecular formula is C30H38N4O. The van der Waals surface area contributed by atoms with Crippen molar-refractivity contribution in [2.75, 3.05) is 44.2 Å². The van der Waals surface area contributed by atoms with E-state index in [0.717, 1.165) is 67.9 Å². The molecule has 0 saturated carbocycles. The molecule has 2 unspecified atom stereocenters. The second kappa shape index (κ2) is 10.8. The summed E-state index contributed by atoms with van der Waals surface area (Å²) < 4.78 is 6.17. The van der Waals surface area contributed by atoms with Crippen LogP contribution in [0.5, 0.6) is 5.75 Å². The number of ether oxygens (including phenoxy) is 1. The molecule has 2 aliphatic heterocycles. The quantitative estimate of drug-likeness (QED) is 0.530. The smallest absolute Gasteiger partial charge is 0.128 e. The SMILES string of the molecule is Cc1ccc2c(OCCN3CCC(=Cc4cccc(N5CC(C)NCC5C)c4)CC3)cccc2n1. The van der Waals surface area contributed by atoms with Crippen LogP contribution in [0.1, 0.15) is 37.9 Å². The highest BCUT2D eigenvalue weighted by Crippen LogP contribution is 2.26. The van der Waals surface area contributed by atoms with E-state index in [0.29, 0.717) is 18.7 Å². The fraction of sp³-hybridized carbons (Fsp3) is 0.433. The monoisotopic (exact) mass is 470 g/mol. The van der Waals surface area contributed by atoms with Gasteiger partial charge >= 0.3 is 0 Å². The Bertz CT molecular complexity index is 1180. The maximum Gasteiger partial charge on any atom is 0.128 e. The molecule has 0 aliphatic carbocycles. The lowest BCUT2D eigenvalue weighted by molar-refractivity contribution is 0.200. The topological polar surface area (TPSA) is 40.6 Å². The van der Waals surface area contributed by atoms with Gasteiger partial charge in [-0.3, -0.25) is 9.88 Å². The Morgan fingerprint density at radius 1 is 1.06 bits per heavy atom. The molecule has 0 spiro atoms. The van der Waals surface area contributed by atoms with Crippen LogP contribution >= 0.6 is 0 Å². The first-order valence-corrected chi connectivity index (χ1v) is 13.1. The summed E-state index contributed by atoms with van der Waals surface area (Å²) in [6, 6.07) is 20.4. The summed E-state index contributed by atoms with van der Waals surface area (Å²) in [5.41, 5.74) is 6.25. The van der Waals surface area contributed by atoms with Gasteiger partial charge in [0.2, 0.25) is 0 Å². The number of aromatic nitrogens is 1. The largest absolute Gasteiger partial charge is 0.492 e. The molecule has 3 aromatic rings. The third kappa shape index (κ3) is 5.85. The highest BCUT2D eigenvalue weighted by Gasteiger charge is 2.22. The van der Waals surface area contributed by atoms with Crippen molar-refractivity contribution in [1.29, 1.82) is 0 Å². The van der Waals surface area contributed by atoms with Crippen molar-refractivity contribution in [2.24, 2.45) is 0 Å². The number of nitrogens with one attached hydrogen (secondary N) is 1. The Hall–Kier alpha value is -2.89. The Balaban J connectivity index is 1.14. The van der Waals surface area contributed by atoms with E-state index in [1.54, 1.807) is 5.57 Å². The van der Waals surface area contributed by atoms with Crippen LogP contribution in [0.25, 0.3) is 17.0 Å². The number of rotatable bonds is 6. The molecule has 0 radical (unpaired) electrons. The third-order valence-electron chi connectivity index (χ3n) is 7.33. The Labute approximate surface area is 209 Å². The molecule has 0 amide bonds. The van der Waals surface area contributed by atoms with Gasteiger partial charge < -0.3 is 15.0 Å². The number of hydrogen-bond donors (Lipinski definition) is 1. The molecule has 2 saturated heterocycles. The maximum absolute atomic E-state index is 6.17. The van der Waals surface area contributed by atoms with Gasteiger partial charge in [-0.2, -0.15) is 0 Å². The Kier molecular flexibility index (Phi) is 7.35. The zero-order valence-corrected chi connectivity index (χ0v) is 21.3. The molecule has 1 aromatic heterocycles. The second-order valence-corrected chi connectivity index (χ2v) is 10.2. The zero-order chi connectivity index (χ0) is 24.2. The predicted octanol–water partition coefficient (Wildman–Crippen LogP) is 5.29. The Morgan fingerprint density at radius 3 is 2.74 bits per heavy atom. The van der Waals surface area contributed by atoms with Crippen molar-refractivity contribution in [2.45, 2.75) is 45.7 Å². The standard InChI is InChI=1S/C30H38N4O/c1-22-10-11-28-29(32-22)8-5-9-30(28)35-17-16-33-14-12-25(13-15-33)18-26-6-4-7-27(19-26)34-21-23(2)31-20-24(34)3/h4-11,18-19,23-24,31H,12-17,20-21H2,1-3H3. The van der Waals surface area contributed by atoms with Gasteiger partial charge in [-0.05, 0) is 75.6 Å². The van der Waals surface area contributed by atoms with Gasteiger partial charge in [0.1, 0.15) is 12.4 Å². The van der Waals surface area contributed by atoms with Gasteiger partial charge in [0.15, 0.2) is 0 Å². The summed E-state index contributed by atoms with van der Waals surface area (Å²) in [5.74, 6) is 0.931. The van der Waals surface area contributed by atoms with Gasteiger partial charge in [-0.1, -0.05) is 29.8 Å². The first-order chi connectivity index (χ1) is 17.0. The maximum atomic E-state index is 6.17. The minimum absolute atomic E-state index is 0.522. The van der Waals surface area contributed by atoms with E-state index in [4.69, 9.17) is 4.74 Å². The summed E-state index contributed by atoms with van der Waals surface area (Å²) >= 11 is 0. The van der Waals surface area contributed by atoms with E-state index in [1.165, 1.54) is 11.3 Å². The molecule has 2 aliphatic rings. The van der Waals surface area contributed by atoms with Crippen LogP contribution in [-0.2, 0) is 0 Å². The summed E-state index contributed by atoms with van der Waals surface area (Å²) in [6.07, 6.45) is 4.67. The van der Waals surface area contributed by atoms with Crippen molar-refractivity contribution in [3.8, 4) is 5.75 Å². The average molecular weight is 471 g/mol. The van der Waals surface area contributed by atoms with E-state index in [2.05, 4.69) is 70.4 Å². The highest BCUT2D eigenvalue weighted by atomic mass is 16.5. The zero-order valence-electron chi connectivity index (χ0n) is 21.3. The fourth-order valence-electron chi connectivity index (χ4n) is 5.26. The summed E-state index contributed by atoms with van der Waals surface area (Å²) in [5, 5.41) is 4.67. The van der Waals surface area contributed by atoms with Gasteiger partial charge in [-0.25, -0.2) is 0 Å². The van der Waals surface area contributed by atoms with Gasteiger partial charge in [-0.15, -0.1) is 0 Å². The predicted molar refractivity (Wildman–Crippen MR) is 146 cm³/mol. The molecule has 2 aromatic carbocycles. The van der Waals surface area contributed by atoms with Crippen LogP contribution in [-0.4, -0.2) is 61.3 Å². The van der Waals surface area contributed by atoms with Crippen LogP contribution in [0.4, 0.5) is 5.69 Å². The number of pyridine rings is 1. The van der Waals surface area contributed by atoms with E-state index < -0.39 is 0 Å². The number of nitrogens with zero attached hydrogens (tertiary/aromatic N) is 3. The number of benzene rings is 2. The molecule has 5 nitrogen and oxygen atoms in total. The molecule has 2 fully saturated rings. The first-order valence-electron chi connectivity index (χ1n) is 13.1. The Morgan fingerprint density at radius 2 is 1.89 bits per heavy atom. The van der Waals surface area contributed by atoms with E-state index in [1.807, 2.05) is 31.2 Å². The van der Waals surface area contributed by atoms with Gasteiger partial charge in [0, 0.05) is 61.6 Å². The molecule has 35 heavy (non-hydrogen) atoms. The molecule has 5 heteroatoms. The van der Waals surface area contributed by atoms with Crippen LogP contribution < -0.4 is 15.0 Å². The fourth-order valence-corrected chi connectivity index (χ4v) is 5.26. The summed E-state index contributed by atoms with van der Waals surface area (Å²) in [4.78, 5) is 9.67. The summed E-state index contributed by atoms with van der Waals surface area (Å²) in [7, 11) is 0. The molecule has 0 bridgehead atoms. The normalized spacial score (nSPS) is 21.3. The number of aryl methyl sites for hydroxylation is 1. The second-order valence-electron chi connectivity index (χ2n) is 10.2. The van der Waals surface area contributed by atoms with Crippen LogP contribution in [0.2, 0.25) is 0 Å². The number of hydrogen-bond acceptors (Lipinski definition) is 5. The van der Waals surface area contributed by atoms with Gasteiger partial charge in [0.25, 0.3) is 0 Å². The third-order valence-corrected chi connectivity index (χ3v) is 7.33. The molecule has 5 rings (SSSR count). The number of likely N-dealkylation sites (tertiary alicyclic amines) is 1. The molecule has 184 valence electrons. The van der Waals surface area contributed by atoms with Crippen molar-refractivity contribution in [1.82, 2.24) is 15.2 Å². The molecule has 1 N–H and O–H groups in total. The van der Waals surface area contributed by atoms with E-state index in [-0.39, 0.29) is 0 Å². The van der Waals surface area contributed by atoms with Crippen LogP contribution in [0, 0.1) is 6.92 Å². The molecule has 2 atom stereocenters. The van der Waals surface area contributed by atoms with E-state index >= 15 is 0 Å². The lowest BCUT2D eigenvalue weighted by Gasteiger charge is -2.39. The van der Waals surface area contributed by atoms with Gasteiger partial charge in [0.05, 0.1) is 5.52 Å². The highest BCUT2D eigenvalue weighted by molar-refractivity contribution is 5.85. The van der Waals surface area contributed by atoms with Crippen molar-refractivity contribution in [3.63, 3.8) is 0 Å². The lowest BCUT2D eigenvalue weighted by Crippen LogP contribution is -2.54. The number of piperidine rings is 1. The van der Waals surface area contributed by atoms with Crippen molar-refractivity contribution >= 4 is 22.7 Å². The van der Waals surface area contributed by atoms with Crippen molar-refractivity contribution < 1.29 is 4.74 Å². The van der Waals surface area contributed by atoms with Crippen molar-refractivity contribution in [3.05, 3.63) is 71.4 Å².